The van der Waals surface area contributed by atoms with Gasteiger partial charge in [0.2, 0.25) is 0 Å². The summed E-state index contributed by atoms with van der Waals surface area (Å²) < 4.78 is 66.9. The van der Waals surface area contributed by atoms with Crippen LogP contribution in [0.25, 0.3) is 10.8 Å². The lowest BCUT2D eigenvalue weighted by atomic mass is 10.1. The average molecular weight is 521 g/mol. The van der Waals surface area contributed by atoms with E-state index < -0.39 is 35.6 Å². The van der Waals surface area contributed by atoms with E-state index in [1.165, 1.54) is 6.07 Å². The molecule has 1 aliphatic rings. The zero-order valence-corrected chi connectivity index (χ0v) is 21.1. The summed E-state index contributed by atoms with van der Waals surface area (Å²) in [7, 11) is -6.43. The molecule has 1 amide bonds. The summed E-state index contributed by atoms with van der Waals surface area (Å²) in [6, 6.07) is 15.5. The van der Waals surface area contributed by atoms with Crippen LogP contribution in [0.2, 0.25) is 0 Å². The van der Waals surface area contributed by atoms with E-state index in [0.29, 0.717) is 34.6 Å². The molecule has 0 radical (unpaired) electrons. The molecule has 1 N–H and O–H groups in total. The molecule has 0 unspecified atom stereocenters. The Bertz CT molecular complexity index is 1410. The lowest BCUT2D eigenvalue weighted by Gasteiger charge is -2.21. The van der Waals surface area contributed by atoms with Crippen LogP contribution < -0.4 is 18.5 Å². The number of hydrogen-bond acceptors (Lipinski definition) is 6. The van der Waals surface area contributed by atoms with E-state index in [1.54, 1.807) is 31.5 Å². The average Bonchev–Trinajstić information content (AvgIpc) is 3.07. The Balaban J connectivity index is 1.70. The SMILES string of the molecule is CP(C)(=O)CCCOc1ccc2cc(OCc3ccccc3)c(N3CC(=O)NS3(=O)=O)c(F)c2c1. The number of rotatable bonds is 9. The summed E-state index contributed by atoms with van der Waals surface area (Å²) in [5, 5.41) is 0.597. The lowest BCUT2D eigenvalue weighted by Crippen LogP contribution is -2.30. The number of benzene rings is 3. The van der Waals surface area contributed by atoms with E-state index in [-0.39, 0.29) is 23.4 Å². The molecule has 1 heterocycles. The van der Waals surface area contributed by atoms with Crippen molar-refractivity contribution in [3.05, 3.63) is 66.0 Å². The van der Waals surface area contributed by atoms with Gasteiger partial charge in [-0.2, -0.15) is 8.42 Å². The van der Waals surface area contributed by atoms with Crippen molar-refractivity contribution >= 4 is 39.7 Å². The first-order chi connectivity index (χ1) is 16.5. The molecular formula is C24H26FN2O6PS. The van der Waals surface area contributed by atoms with Crippen LogP contribution in [-0.4, -0.2) is 47.0 Å². The van der Waals surface area contributed by atoms with Crippen molar-refractivity contribution < 1.29 is 31.6 Å². The van der Waals surface area contributed by atoms with E-state index in [1.807, 2.05) is 35.1 Å². The maximum atomic E-state index is 15.9. The largest absolute Gasteiger partial charge is 0.494 e. The summed E-state index contributed by atoms with van der Waals surface area (Å²) in [4.78, 5) is 11.8. The smallest absolute Gasteiger partial charge is 0.326 e. The second-order valence-electron chi connectivity index (χ2n) is 8.73. The zero-order valence-electron chi connectivity index (χ0n) is 19.4. The minimum atomic E-state index is -4.27. The molecule has 0 aromatic heterocycles. The van der Waals surface area contributed by atoms with E-state index in [0.717, 1.165) is 5.56 Å². The molecule has 0 saturated carbocycles. The lowest BCUT2D eigenvalue weighted by molar-refractivity contribution is -0.117. The number of carbonyl (C=O) groups is 1. The van der Waals surface area contributed by atoms with Crippen molar-refractivity contribution in [2.24, 2.45) is 0 Å². The summed E-state index contributed by atoms with van der Waals surface area (Å²) in [5.41, 5.74) is 0.465. The zero-order chi connectivity index (χ0) is 25.2. The third-order valence-corrected chi connectivity index (χ3v) is 8.18. The normalized spacial score (nSPS) is 15.3. The van der Waals surface area contributed by atoms with Gasteiger partial charge in [-0.3, -0.25) is 4.79 Å². The Morgan fingerprint density at radius 2 is 1.83 bits per heavy atom. The number of halogens is 1. The van der Waals surface area contributed by atoms with E-state index in [9.17, 15) is 17.8 Å². The summed E-state index contributed by atoms with van der Waals surface area (Å²) in [6.45, 7) is 3.25. The van der Waals surface area contributed by atoms with Gasteiger partial charge in [-0.15, -0.1) is 0 Å². The van der Waals surface area contributed by atoms with Crippen LogP contribution in [0.4, 0.5) is 10.1 Å². The van der Waals surface area contributed by atoms with E-state index >= 15 is 4.39 Å². The van der Waals surface area contributed by atoms with Gasteiger partial charge in [0.25, 0.3) is 5.91 Å². The van der Waals surface area contributed by atoms with Crippen molar-refractivity contribution in [3.8, 4) is 11.5 Å². The van der Waals surface area contributed by atoms with Crippen molar-refractivity contribution in [1.29, 1.82) is 0 Å². The second kappa shape index (κ2) is 9.87. The quantitative estimate of drug-likeness (QED) is 0.336. The van der Waals surface area contributed by atoms with Gasteiger partial charge in [-0.25, -0.2) is 13.4 Å². The molecule has 11 heteroatoms. The number of amides is 1. The number of ether oxygens (including phenoxy) is 2. The van der Waals surface area contributed by atoms with Crippen LogP contribution in [0.5, 0.6) is 11.5 Å². The Morgan fingerprint density at radius 1 is 1.09 bits per heavy atom. The standard InChI is InChI=1S/C24H26FN2O6PS/c1-34(2,29)12-6-11-32-19-10-9-18-13-21(33-16-17-7-4-3-5-8-17)24(23(25)20(18)14-19)27-15-22(28)26-35(27,30)31/h3-5,7-10,13-14H,6,11-12,15-16H2,1-2H3,(H,26,28). The molecule has 4 rings (SSSR count). The molecule has 0 spiro atoms. The van der Waals surface area contributed by atoms with Crippen LogP contribution in [0.3, 0.4) is 0 Å². The van der Waals surface area contributed by atoms with E-state index in [4.69, 9.17) is 9.47 Å². The Kier molecular flexibility index (Phi) is 7.05. The monoisotopic (exact) mass is 520 g/mol. The van der Waals surface area contributed by atoms with Gasteiger partial charge in [0.1, 0.15) is 30.3 Å². The first kappa shape index (κ1) is 25.0. The number of carbonyl (C=O) groups excluding carboxylic acids is 1. The Hall–Kier alpha value is -3.10. The highest BCUT2D eigenvalue weighted by Crippen LogP contribution is 2.41. The summed E-state index contributed by atoms with van der Waals surface area (Å²) >= 11 is 0. The number of nitrogens with zero attached hydrogens (tertiary/aromatic N) is 1. The summed E-state index contributed by atoms with van der Waals surface area (Å²) in [6.07, 6.45) is 1.12. The van der Waals surface area contributed by atoms with Gasteiger partial charge in [-0.05, 0) is 48.9 Å². The van der Waals surface area contributed by atoms with Crippen LogP contribution in [-0.2, 0) is 26.2 Å². The third kappa shape index (κ3) is 5.94. The number of hydrogen-bond donors (Lipinski definition) is 1. The molecule has 3 aromatic carbocycles. The fraction of sp³-hybridized carbons (Fsp3) is 0.292. The third-order valence-electron chi connectivity index (χ3n) is 5.41. The van der Waals surface area contributed by atoms with Gasteiger partial charge < -0.3 is 14.0 Å². The van der Waals surface area contributed by atoms with Gasteiger partial charge in [0, 0.05) is 11.5 Å². The molecule has 8 nitrogen and oxygen atoms in total. The first-order valence-electron chi connectivity index (χ1n) is 11.0. The van der Waals surface area contributed by atoms with Gasteiger partial charge in [0.05, 0.1) is 13.7 Å². The molecule has 1 fully saturated rings. The van der Waals surface area contributed by atoms with Crippen molar-refractivity contribution in [1.82, 2.24) is 4.72 Å². The molecule has 0 atom stereocenters. The fourth-order valence-corrected chi connectivity index (χ4v) is 5.80. The molecule has 35 heavy (non-hydrogen) atoms. The van der Waals surface area contributed by atoms with Crippen LogP contribution in [0.15, 0.2) is 54.6 Å². The number of anilines is 1. The topological polar surface area (TPSA) is 102 Å². The molecular weight excluding hydrogens is 494 g/mol. The Morgan fingerprint density at radius 3 is 2.49 bits per heavy atom. The highest BCUT2D eigenvalue weighted by atomic mass is 32.2. The molecule has 0 bridgehead atoms. The van der Waals surface area contributed by atoms with Crippen LogP contribution >= 0.6 is 7.14 Å². The number of nitrogens with one attached hydrogen (secondary N) is 1. The van der Waals surface area contributed by atoms with E-state index in [2.05, 4.69) is 0 Å². The predicted molar refractivity (Wildman–Crippen MR) is 134 cm³/mol. The van der Waals surface area contributed by atoms with Crippen LogP contribution in [0, 0.1) is 5.82 Å². The minimum Gasteiger partial charge on any atom is -0.494 e. The highest BCUT2D eigenvalue weighted by Gasteiger charge is 2.38. The van der Waals surface area contributed by atoms with Crippen molar-refractivity contribution in [2.75, 3.05) is 36.9 Å². The van der Waals surface area contributed by atoms with Gasteiger partial charge in [-0.1, -0.05) is 36.4 Å². The minimum absolute atomic E-state index is 0.00533. The van der Waals surface area contributed by atoms with Gasteiger partial charge >= 0.3 is 10.2 Å². The molecule has 0 aliphatic carbocycles. The van der Waals surface area contributed by atoms with Crippen molar-refractivity contribution in [3.63, 3.8) is 0 Å². The molecule has 186 valence electrons. The fourth-order valence-electron chi connectivity index (χ4n) is 3.75. The first-order valence-corrected chi connectivity index (χ1v) is 15.2. The van der Waals surface area contributed by atoms with Crippen LogP contribution in [0.1, 0.15) is 12.0 Å². The maximum absolute atomic E-state index is 15.9. The molecule has 1 saturated heterocycles. The van der Waals surface area contributed by atoms with Crippen molar-refractivity contribution in [2.45, 2.75) is 13.0 Å². The second-order valence-corrected chi connectivity index (χ2v) is 13.9. The predicted octanol–water partition coefficient (Wildman–Crippen LogP) is 4.13. The molecule has 3 aromatic rings. The highest BCUT2D eigenvalue weighted by molar-refractivity contribution is 7.92. The Labute approximate surface area is 203 Å². The number of fused-ring (bicyclic) bond motifs is 1. The van der Waals surface area contributed by atoms with Gasteiger partial charge in [0.15, 0.2) is 5.82 Å². The molecule has 1 aliphatic heterocycles. The maximum Gasteiger partial charge on any atom is 0.326 e. The summed E-state index contributed by atoms with van der Waals surface area (Å²) in [5.74, 6) is -1.22.